The molecule has 38 heavy (non-hydrogen) atoms. The molecule has 2 N–H and O–H groups in total. The molecule has 0 fully saturated rings. The lowest BCUT2D eigenvalue weighted by molar-refractivity contribution is -0.114. The maximum Gasteiger partial charge on any atom is 0.221 e. The van der Waals surface area contributed by atoms with Gasteiger partial charge in [-0.3, -0.25) is 4.79 Å². The van der Waals surface area contributed by atoms with E-state index in [1.54, 1.807) is 43.6 Å². The van der Waals surface area contributed by atoms with Gasteiger partial charge in [-0.05, 0) is 48.0 Å². The van der Waals surface area contributed by atoms with Crippen LogP contribution in [0.3, 0.4) is 0 Å². The van der Waals surface area contributed by atoms with Gasteiger partial charge < -0.3 is 20.1 Å². The van der Waals surface area contributed by atoms with Crippen LogP contribution in [-0.4, -0.2) is 40.1 Å². The number of nitrogens with one attached hydrogen (secondary N) is 2. The summed E-state index contributed by atoms with van der Waals surface area (Å²) in [5.74, 6) is 1.30. The number of fused-ring (bicyclic) bond motifs is 1. The van der Waals surface area contributed by atoms with Crippen LogP contribution in [0.15, 0.2) is 73.2 Å². The Balaban J connectivity index is 1.47. The minimum atomic E-state index is -0.163. The Morgan fingerprint density at radius 3 is 2.68 bits per heavy atom. The van der Waals surface area contributed by atoms with Crippen LogP contribution < -0.4 is 20.1 Å². The van der Waals surface area contributed by atoms with Gasteiger partial charge in [0, 0.05) is 41.1 Å². The summed E-state index contributed by atoms with van der Waals surface area (Å²) in [6.45, 7) is 1.99. The lowest BCUT2D eigenvalue weighted by Gasteiger charge is -2.14. The molecule has 0 bridgehead atoms. The quantitative estimate of drug-likeness (QED) is 0.265. The van der Waals surface area contributed by atoms with Gasteiger partial charge >= 0.3 is 0 Å². The molecule has 1 amide bonds. The molecular formula is C28H25ClN6O3. The minimum absolute atomic E-state index is 0.163. The van der Waals surface area contributed by atoms with E-state index in [9.17, 15) is 4.79 Å². The Labute approximate surface area is 224 Å². The second kappa shape index (κ2) is 10.8. The fraction of sp³-hybridized carbons (Fsp3) is 0.143. The number of hydrogen-bond acceptors (Lipinski definition) is 7. The third-order valence-corrected chi connectivity index (χ3v) is 6.26. The van der Waals surface area contributed by atoms with Gasteiger partial charge in [0.2, 0.25) is 5.91 Å². The number of halogens is 1. The average molecular weight is 529 g/mol. The first-order chi connectivity index (χ1) is 18.4. The summed E-state index contributed by atoms with van der Waals surface area (Å²) in [4.78, 5) is 11.4. The number of amides is 1. The fourth-order valence-electron chi connectivity index (χ4n) is 4.22. The van der Waals surface area contributed by atoms with Crippen molar-refractivity contribution < 1.29 is 14.3 Å². The predicted octanol–water partition coefficient (Wildman–Crippen LogP) is 5.72. The Hall–Kier alpha value is -4.63. The van der Waals surface area contributed by atoms with E-state index in [1.807, 2.05) is 48.5 Å². The van der Waals surface area contributed by atoms with E-state index < -0.39 is 0 Å². The zero-order valence-electron chi connectivity index (χ0n) is 21.0. The van der Waals surface area contributed by atoms with E-state index >= 15 is 0 Å². The van der Waals surface area contributed by atoms with E-state index in [0.717, 1.165) is 50.5 Å². The van der Waals surface area contributed by atoms with Crippen LogP contribution in [0.25, 0.3) is 27.7 Å². The molecule has 2 heterocycles. The lowest BCUT2D eigenvalue weighted by atomic mass is 10.0. The predicted molar refractivity (Wildman–Crippen MR) is 148 cm³/mol. The smallest absolute Gasteiger partial charge is 0.221 e. The van der Waals surface area contributed by atoms with Crippen molar-refractivity contribution >= 4 is 39.8 Å². The van der Waals surface area contributed by atoms with Gasteiger partial charge in [0.15, 0.2) is 0 Å². The molecule has 0 radical (unpaired) electrons. The van der Waals surface area contributed by atoms with E-state index in [4.69, 9.17) is 21.1 Å². The van der Waals surface area contributed by atoms with Gasteiger partial charge in [-0.2, -0.15) is 15.3 Å². The number of aromatic nitrogens is 4. The number of anilines is 2. The second-order valence-electron chi connectivity index (χ2n) is 8.54. The molecule has 9 nitrogen and oxygen atoms in total. The number of nitrogens with zero attached hydrogens (tertiary/aromatic N) is 4. The largest absolute Gasteiger partial charge is 0.497 e. The molecule has 0 aliphatic heterocycles. The third-order valence-electron chi connectivity index (χ3n) is 6.02. The molecule has 3 aromatic carbocycles. The zero-order valence-corrected chi connectivity index (χ0v) is 21.8. The van der Waals surface area contributed by atoms with Gasteiger partial charge in [0.1, 0.15) is 11.5 Å². The van der Waals surface area contributed by atoms with Crippen molar-refractivity contribution in [2.75, 3.05) is 24.9 Å². The molecule has 2 aromatic heterocycles. The molecule has 0 aliphatic carbocycles. The van der Waals surface area contributed by atoms with Crippen LogP contribution >= 0.6 is 11.6 Å². The molecule has 5 aromatic rings. The monoisotopic (exact) mass is 528 g/mol. The van der Waals surface area contributed by atoms with E-state index in [-0.39, 0.29) is 5.91 Å². The molecule has 10 heteroatoms. The van der Waals surface area contributed by atoms with Crippen LogP contribution in [0, 0.1) is 0 Å². The van der Waals surface area contributed by atoms with Crippen molar-refractivity contribution in [1.82, 2.24) is 20.0 Å². The summed E-state index contributed by atoms with van der Waals surface area (Å²) in [6, 6.07) is 17.3. The number of carbonyl (C=O) groups excluding carboxylic acids is 1. The number of benzene rings is 3. The highest BCUT2D eigenvalue weighted by atomic mass is 35.5. The van der Waals surface area contributed by atoms with E-state index in [2.05, 4.69) is 25.9 Å². The zero-order chi connectivity index (χ0) is 26.6. The van der Waals surface area contributed by atoms with Crippen LogP contribution in [0.1, 0.15) is 12.5 Å². The molecule has 0 saturated heterocycles. The van der Waals surface area contributed by atoms with Crippen molar-refractivity contribution in [1.29, 1.82) is 0 Å². The van der Waals surface area contributed by atoms with Crippen LogP contribution in [0.5, 0.6) is 11.5 Å². The summed E-state index contributed by atoms with van der Waals surface area (Å²) < 4.78 is 12.5. The summed E-state index contributed by atoms with van der Waals surface area (Å²) in [7, 11) is 3.26. The van der Waals surface area contributed by atoms with Crippen LogP contribution in [0.2, 0.25) is 5.02 Å². The summed E-state index contributed by atoms with van der Waals surface area (Å²) in [6.07, 6.45) is 5.06. The van der Waals surface area contributed by atoms with Crippen molar-refractivity contribution in [3.63, 3.8) is 0 Å². The Bertz CT molecular complexity index is 1630. The van der Waals surface area contributed by atoms with E-state index in [1.165, 1.54) is 6.92 Å². The summed E-state index contributed by atoms with van der Waals surface area (Å²) in [5.41, 5.74) is 5.72. The van der Waals surface area contributed by atoms with Crippen molar-refractivity contribution in [3.8, 4) is 28.3 Å². The number of rotatable bonds is 8. The molecule has 5 rings (SSSR count). The maximum absolute atomic E-state index is 11.4. The standard InChI is InChI=1S/C28H25ClN6O3/c1-17(36)33-21-14-32-35(16-21)27-9-6-20(29)11-24(27)18-5-8-23-25(10-18)34-31-15-26(23)30-13-19-4-7-22(37-2)12-28(19)38-3/h4-12,14-16H,13H2,1-3H3,(H,30,34)(H,33,36). The van der Waals surface area contributed by atoms with Crippen molar-refractivity contribution in [2.45, 2.75) is 13.5 Å². The maximum atomic E-state index is 11.4. The lowest BCUT2D eigenvalue weighted by Crippen LogP contribution is -2.04. The minimum Gasteiger partial charge on any atom is -0.497 e. The summed E-state index contributed by atoms with van der Waals surface area (Å²) in [5, 5.41) is 20.7. The number of methoxy groups -OCH3 is 2. The molecule has 0 aliphatic rings. The first-order valence-electron chi connectivity index (χ1n) is 11.8. The second-order valence-corrected chi connectivity index (χ2v) is 8.97. The normalized spacial score (nSPS) is 10.8. The van der Waals surface area contributed by atoms with Crippen LogP contribution in [0.4, 0.5) is 11.4 Å². The molecule has 0 spiro atoms. The van der Waals surface area contributed by atoms with Gasteiger partial charge in [0.05, 0.1) is 55.4 Å². The first-order valence-corrected chi connectivity index (χ1v) is 12.2. The number of carbonyl (C=O) groups is 1. The molecular weight excluding hydrogens is 504 g/mol. The highest BCUT2D eigenvalue weighted by Crippen LogP contribution is 2.33. The average Bonchev–Trinajstić information content (AvgIpc) is 3.38. The molecule has 0 unspecified atom stereocenters. The van der Waals surface area contributed by atoms with Gasteiger partial charge in [0.25, 0.3) is 0 Å². The highest BCUT2D eigenvalue weighted by molar-refractivity contribution is 6.31. The summed E-state index contributed by atoms with van der Waals surface area (Å²) >= 11 is 6.37. The molecule has 192 valence electrons. The van der Waals surface area contributed by atoms with Crippen LogP contribution in [-0.2, 0) is 11.3 Å². The van der Waals surface area contributed by atoms with Crippen molar-refractivity contribution in [2.24, 2.45) is 0 Å². The SMILES string of the molecule is COc1ccc(CNc2cnnc3cc(-c4cc(Cl)ccc4-n4cc(NC(C)=O)cn4)ccc23)c(OC)c1. The first kappa shape index (κ1) is 25.0. The fourth-order valence-corrected chi connectivity index (χ4v) is 4.39. The van der Waals surface area contributed by atoms with Gasteiger partial charge in [-0.15, -0.1) is 0 Å². The third kappa shape index (κ3) is 5.23. The molecule has 0 saturated carbocycles. The van der Waals surface area contributed by atoms with E-state index in [0.29, 0.717) is 17.3 Å². The Kier molecular flexibility index (Phi) is 7.10. The number of ether oxygens (including phenoxy) is 2. The van der Waals surface area contributed by atoms with Crippen molar-refractivity contribution in [3.05, 3.63) is 83.8 Å². The van der Waals surface area contributed by atoms with Gasteiger partial charge in [-0.25, -0.2) is 4.68 Å². The molecule has 0 atom stereocenters. The topological polar surface area (TPSA) is 103 Å². The van der Waals surface area contributed by atoms with Gasteiger partial charge in [-0.1, -0.05) is 17.7 Å². The highest BCUT2D eigenvalue weighted by Gasteiger charge is 2.13. The Morgan fingerprint density at radius 2 is 1.89 bits per heavy atom. The Morgan fingerprint density at radius 1 is 1.03 bits per heavy atom. The number of hydrogen-bond donors (Lipinski definition) is 2.